The van der Waals surface area contributed by atoms with Gasteiger partial charge >= 0.3 is 0 Å². The zero-order chi connectivity index (χ0) is 13.4. The van der Waals surface area contributed by atoms with E-state index in [1.165, 1.54) is 19.3 Å². The lowest BCUT2D eigenvalue weighted by molar-refractivity contribution is 0.0956. The van der Waals surface area contributed by atoms with Crippen molar-refractivity contribution < 1.29 is 4.79 Å². The van der Waals surface area contributed by atoms with E-state index in [-0.39, 0.29) is 5.91 Å². The molecule has 0 aliphatic heterocycles. The lowest BCUT2D eigenvalue weighted by Crippen LogP contribution is -2.22. The van der Waals surface area contributed by atoms with Crippen LogP contribution in [0.3, 0.4) is 0 Å². The molecule has 3 nitrogen and oxygen atoms in total. The minimum atomic E-state index is -0.0110. The van der Waals surface area contributed by atoms with Gasteiger partial charge in [0.25, 0.3) is 5.91 Å². The number of hydrogen-bond acceptors (Lipinski definition) is 2. The number of benzene rings is 1. The van der Waals surface area contributed by atoms with Gasteiger partial charge in [-0.05, 0) is 44.5 Å². The molecule has 3 heteroatoms. The van der Waals surface area contributed by atoms with Crippen molar-refractivity contribution in [2.75, 3.05) is 11.9 Å². The number of amides is 1. The summed E-state index contributed by atoms with van der Waals surface area (Å²) in [5, 5.41) is 6.23. The molecule has 18 heavy (non-hydrogen) atoms. The van der Waals surface area contributed by atoms with Gasteiger partial charge in [0.15, 0.2) is 0 Å². The molecule has 1 atom stereocenters. The topological polar surface area (TPSA) is 41.1 Å². The van der Waals surface area contributed by atoms with Crippen molar-refractivity contribution in [2.24, 2.45) is 0 Å². The maximum Gasteiger partial charge on any atom is 0.251 e. The summed E-state index contributed by atoms with van der Waals surface area (Å²) in [5.41, 5.74) is 1.79. The zero-order valence-electron chi connectivity index (χ0n) is 11.6. The molecular weight excluding hydrogens is 224 g/mol. The van der Waals surface area contributed by atoms with Gasteiger partial charge in [0.1, 0.15) is 0 Å². The Morgan fingerprint density at radius 3 is 2.44 bits per heavy atom. The second kappa shape index (κ2) is 7.75. The minimum Gasteiger partial charge on any atom is -0.383 e. The Bertz CT molecular complexity index is 359. The van der Waals surface area contributed by atoms with E-state index < -0.39 is 0 Å². The van der Waals surface area contributed by atoms with Crippen LogP contribution in [0.4, 0.5) is 5.69 Å². The van der Waals surface area contributed by atoms with E-state index >= 15 is 0 Å². The van der Waals surface area contributed by atoms with Crippen molar-refractivity contribution in [3.8, 4) is 0 Å². The molecule has 0 heterocycles. The standard InChI is InChI=1S/C15H24N2O/c1-4-6-7-12(3)17-14-10-8-13(9-11-14)15(18)16-5-2/h8-12,17H,4-7H2,1-3H3,(H,16,18). The Labute approximate surface area is 110 Å². The largest absolute Gasteiger partial charge is 0.383 e. The predicted octanol–water partition coefficient (Wildman–Crippen LogP) is 3.43. The molecule has 1 aromatic rings. The molecule has 100 valence electrons. The van der Waals surface area contributed by atoms with E-state index in [0.717, 1.165) is 5.69 Å². The van der Waals surface area contributed by atoms with Crippen molar-refractivity contribution in [1.29, 1.82) is 0 Å². The quantitative estimate of drug-likeness (QED) is 0.776. The van der Waals surface area contributed by atoms with Crippen LogP contribution in [0.5, 0.6) is 0 Å². The molecule has 0 radical (unpaired) electrons. The normalized spacial score (nSPS) is 11.9. The Morgan fingerprint density at radius 1 is 1.22 bits per heavy atom. The summed E-state index contributed by atoms with van der Waals surface area (Å²) in [6.45, 7) is 6.97. The molecule has 0 aliphatic rings. The van der Waals surface area contributed by atoms with Crippen LogP contribution in [-0.4, -0.2) is 18.5 Å². The predicted molar refractivity (Wildman–Crippen MR) is 77.1 cm³/mol. The first-order valence-corrected chi connectivity index (χ1v) is 6.82. The number of carbonyl (C=O) groups excluding carboxylic acids is 1. The van der Waals surface area contributed by atoms with E-state index in [2.05, 4.69) is 24.5 Å². The first-order valence-electron chi connectivity index (χ1n) is 6.82. The maximum atomic E-state index is 11.6. The van der Waals surface area contributed by atoms with Crippen LogP contribution in [0.25, 0.3) is 0 Å². The van der Waals surface area contributed by atoms with Crippen LogP contribution in [0, 0.1) is 0 Å². The Balaban J connectivity index is 2.52. The van der Waals surface area contributed by atoms with Gasteiger partial charge in [-0.2, -0.15) is 0 Å². The van der Waals surface area contributed by atoms with Crippen LogP contribution in [0.2, 0.25) is 0 Å². The number of rotatable bonds is 7. The highest BCUT2D eigenvalue weighted by molar-refractivity contribution is 5.94. The average molecular weight is 248 g/mol. The first-order chi connectivity index (χ1) is 8.67. The lowest BCUT2D eigenvalue weighted by Gasteiger charge is -2.15. The SMILES string of the molecule is CCCCC(C)Nc1ccc(C(=O)NCC)cc1. The molecule has 0 aliphatic carbocycles. The molecule has 0 bridgehead atoms. The van der Waals surface area contributed by atoms with Crippen molar-refractivity contribution in [3.63, 3.8) is 0 Å². The summed E-state index contributed by atoms with van der Waals surface area (Å²) < 4.78 is 0. The highest BCUT2D eigenvalue weighted by Gasteiger charge is 2.05. The number of anilines is 1. The molecule has 0 saturated carbocycles. The Kier molecular flexibility index (Phi) is 6.26. The minimum absolute atomic E-state index is 0.0110. The van der Waals surface area contributed by atoms with Crippen molar-refractivity contribution in [1.82, 2.24) is 5.32 Å². The highest BCUT2D eigenvalue weighted by atomic mass is 16.1. The smallest absolute Gasteiger partial charge is 0.251 e. The summed E-state index contributed by atoms with van der Waals surface area (Å²) >= 11 is 0. The van der Waals surface area contributed by atoms with Crippen molar-refractivity contribution >= 4 is 11.6 Å². The highest BCUT2D eigenvalue weighted by Crippen LogP contribution is 2.13. The number of carbonyl (C=O) groups is 1. The van der Waals surface area contributed by atoms with Crippen LogP contribution >= 0.6 is 0 Å². The third-order valence-electron chi connectivity index (χ3n) is 2.89. The van der Waals surface area contributed by atoms with Crippen LogP contribution in [0.15, 0.2) is 24.3 Å². The summed E-state index contributed by atoms with van der Waals surface area (Å²) in [6.07, 6.45) is 3.64. The first kappa shape index (κ1) is 14.6. The summed E-state index contributed by atoms with van der Waals surface area (Å²) in [5.74, 6) is -0.0110. The van der Waals surface area contributed by atoms with Crippen LogP contribution < -0.4 is 10.6 Å². The van der Waals surface area contributed by atoms with E-state index in [1.54, 1.807) is 0 Å². The van der Waals surface area contributed by atoms with Gasteiger partial charge in [0.05, 0.1) is 0 Å². The number of hydrogen-bond donors (Lipinski definition) is 2. The maximum absolute atomic E-state index is 11.6. The van der Waals surface area contributed by atoms with E-state index in [9.17, 15) is 4.79 Å². The lowest BCUT2D eigenvalue weighted by atomic mass is 10.1. The van der Waals surface area contributed by atoms with Crippen molar-refractivity contribution in [2.45, 2.75) is 46.1 Å². The second-order valence-corrected chi connectivity index (χ2v) is 4.62. The fraction of sp³-hybridized carbons (Fsp3) is 0.533. The average Bonchev–Trinajstić information content (AvgIpc) is 2.37. The molecule has 1 rings (SSSR count). The molecule has 0 aromatic heterocycles. The Morgan fingerprint density at radius 2 is 1.89 bits per heavy atom. The Hall–Kier alpha value is -1.51. The van der Waals surface area contributed by atoms with E-state index in [1.807, 2.05) is 31.2 Å². The summed E-state index contributed by atoms with van der Waals surface area (Å²) in [7, 11) is 0. The van der Waals surface area contributed by atoms with Gasteiger partial charge in [-0.15, -0.1) is 0 Å². The van der Waals surface area contributed by atoms with Gasteiger partial charge in [0, 0.05) is 23.8 Å². The summed E-state index contributed by atoms with van der Waals surface area (Å²) in [4.78, 5) is 11.6. The molecule has 0 spiro atoms. The van der Waals surface area contributed by atoms with Crippen LogP contribution in [-0.2, 0) is 0 Å². The molecule has 2 N–H and O–H groups in total. The summed E-state index contributed by atoms with van der Waals surface area (Å²) in [6, 6.07) is 8.13. The molecule has 1 amide bonds. The van der Waals surface area contributed by atoms with Gasteiger partial charge in [-0.3, -0.25) is 4.79 Å². The fourth-order valence-corrected chi connectivity index (χ4v) is 1.85. The molecular formula is C15H24N2O. The number of nitrogens with one attached hydrogen (secondary N) is 2. The fourth-order valence-electron chi connectivity index (χ4n) is 1.85. The van der Waals surface area contributed by atoms with Crippen LogP contribution in [0.1, 0.15) is 50.4 Å². The third-order valence-corrected chi connectivity index (χ3v) is 2.89. The monoisotopic (exact) mass is 248 g/mol. The second-order valence-electron chi connectivity index (χ2n) is 4.62. The van der Waals surface area contributed by atoms with Crippen molar-refractivity contribution in [3.05, 3.63) is 29.8 Å². The van der Waals surface area contributed by atoms with E-state index in [4.69, 9.17) is 0 Å². The third kappa shape index (κ3) is 4.78. The zero-order valence-corrected chi connectivity index (χ0v) is 11.6. The molecule has 1 aromatic carbocycles. The van der Waals surface area contributed by atoms with Gasteiger partial charge in [-0.1, -0.05) is 19.8 Å². The number of unbranched alkanes of at least 4 members (excludes halogenated alkanes) is 1. The van der Waals surface area contributed by atoms with Gasteiger partial charge < -0.3 is 10.6 Å². The van der Waals surface area contributed by atoms with E-state index in [0.29, 0.717) is 18.2 Å². The van der Waals surface area contributed by atoms with Gasteiger partial charge in [-0.25, -0.2) is 0 Å². The molecule has 1 unspecified atom stereocenters. The molecule has 0 saturated heterocycles. The van der Waals surface area contributed by atoms with Gasteiger partial charge in [0.2, 0.25) is 0 Å². The molecule has 0 fully saturated rings.